The minimum Gasteiger partial charge on any atom is -0.507 e. The predicted molar refractivity (Wildman–Crippen MR) is 122 cm³/mol. The fourth-order valence-electron chi connectivity index (χ4n) is 3.48. The van der Waals surface area contributed by atoms with Gasteiger partial charge in [-0.3, -0.25) is 9.78 Å². The maximum Gasteiger partial charge on any atom is 0.261 e. The van der Waals surface area contributed by atoms with Crippen LogP contribution in [0.5, 0.6) is 17.2 Å². The molecular formula is C23H21N3O4S. The third-order valence-corrected chi connectivity index (χ3v) is 5.42. The highest BCUT2D eigenvalue weighted by atomic mass is 32.1. The molecule has 0 aliphatic carbocycles. The van der Waals surface area contributed by atoms with Gasteiger partial charge in [0.2, 0.25) is 0 Å². The Hall–Kier alpha value is -3.65. The lowest BCUT2D eigenvalue weighted by atomic mass is 10.1. The minimum absolute atomic E-state index is 0.120. The molecule has 0 fully saturated rings. The molecule has 0 unspecified atom stereocenters. The molecule has 2 heterocycles. The summed E-state index contributed by atoms with van der Waals surface area (Å²) in [5.74, 6) is 1.43. The lowest BCUT2D eigenvalue weighted by Crippen LogP contribution is -2.17. The Morgan fingerprint density at radius 3 is 2.58 bits per heavy atom. The number of phenols is 1. The summed E-state index contributed by atoms with van der Waals surface area (Å²) < 4.78 is 12.8. The predicted octanol–water partition coefficient (Wildman–Crippen LogP) is 4.09. The lowest BCUT2D eigenvalue weighted by molar-refractivity contribution is 0.354. The van der Waals surface area contributed by atoms with Crippen LogP contribution in [-0.2, 0) is 13.0 Å². The molecule has 2 aromatic heterocycles. The van der Waals surface area contributed by atoms with Gasteiger partial charge in [-0.1, -0.05) is 18.2 Å². The first-order valence-corrected chi connectivity index (χ1v) is 10.1. The summed E-state index contributed by atoms with van der Waals surface area (Å²) in [5, 5.41) is 10.6. The summed E-state index contributed by atoms with van der Waals surface area (Å²) >= 11 is 5.43. The maximum atomic E-state index is 12.4. The molecule has 0 aliphatic heterocycles. The Labute approximate surface area is 183 Å². The largest absolute Gasteiger partial charge is 0.507 e. The summed E-state index contributed by atoms with van der Waals surface area (Å²) in [6, 6.07) is 16.1. The molecule has 0 amide bonds. The number of methoxy groups -OCH3 is 2. The van der Waals surface area contributed by atoms with Gasteiger partial charge in [0.1, 0.15) is 11.4 Å². The molecule has 158 valence electrons. The zero-order valence-corrected chi connectivity index (χ0v) is 17.9. The molecule has 0 atom stereocenters. The second-order valence-corrected chi connectivity index (χ2v) is 7.32. The quantitative estimate of drug-likeness (QED) is 0.444. The number of para-hydroxylation sites is 1. The molecule has 0 saturated heterocycles. The van der Waals surface area contributed by atoms with Crippen LogP contribution in [0.3, 0.4) is 0 Å². The number of nitrogens with one attached hydrogen (secondary N) is 1. The molecule has 2 aromatic carbocycles. The summed E-state index contributed by atoms with van der Waals surface area (Å²) in [7, 11) is 3.19. The van der Waals surface area contributed by atoms with Crippen molar-refractivity contribution in [1.82, 2.24) is 14.5 Å². The number of fused-ring (bicyclic) bond motifs is 1. The van der Waals surface area contributed by atoms with Gasteiger partial charge in [0.15, 0.2) is 16.3 Å². The van der Waals surface area contributed by atoms with Crippen LogP contribution < -0.4 is 15.0 Å². The van der Waals surface area contributed by atoms with Gasteiger partial charge in [-0.15, -0.1) is 0 Å². The molecule has 2 N–H and O–H groups in total. The average Bonchev–Trinajstić information content (AvgIpc) is 2.78. The summed E-state index contributed by atoms with van der Waals surface area (Å²) in [6.45, 7) is 0.499. The van der Waals surface area contributed by atoms with Gasteiger partial charge in [0.05, 0.1) is 25.3 Å². The number of hydrogen-bond acceptors (Lipinski definition) is 6. The van der Waals surface area contributed by atoms with Gasteiger partial charge in [-0.2, -0.15) is 0 Å². The fourth-order valence-corrected chi connectivity index (χ4v) is 3.75. The first-order chi connectivity index (χ1) is 15.0. The van der Waals surface area contributed by atoms with Crippen molar-refractivity contribution in [1.29, 1.82) is 0 Å². The van der Waals surface area contributed by atoms with Crippen molar-refractivity contribution in [2.75, 3.05) is 14.2 Å². The van der Waals surface area contributed by atoms with Crippen molar-refractivity contribution in [3.8, 4) is 28.5 Å². The number of benzene rings is 2. The summed E-state index contributed by atoms with van der Waals surface area (Å²) in [4.78, 5) is 19.8. The molecule has 4 rings (SSSR count). The van der Waals surface area contributed by atoms with Crippen molar-refractivity contribution in [3.63, 3.8) is 0 Å². The topological polar surface area (TPSA) is 89.4 Å². The second kappa shape index (κ2) is 8.61. The van der Waals surface area contributed by atoms with Crippen molar-refractivity contribution in [2.24, 2.45) is 0 Å². The normalized spacial score (nSPS) is 10.9. The van der Waals surface area contributed by atoms with Gasteiger partial charge in [-0.25, -0.2) is 4.98 Å². The number of pyridine rings is 1. The molecule has 4 aromatic rings. The number of aromatic hydroxyl groups is 1. The molecule has 0 bridgehead atoms. The zero-order valence-electron chi connectivity index (χ0n) is 17.1. The van der Waals surface area contributed by atoms with E-state index in [1.165, 1.54) is 0 Å². The highest BCUT2D eigenvalue weighted by molar-refractivity contribution is 7.71. The van der Waals surface area contributed by atoms with Crippen LogP contribution in [0, 0.1) is 4.77 Å². The number of H-pyrrole nitrogens is 1. The van der Waals surface area contributed by atoms with Crippen LogP contribution in [0.2, 0.25) is 0 Å². The number of aryl methyl sites for hydroxylation is 2. The number of rotatable bonds is 6. The van der Waals surface area contributed by atoms with Crippen molar-refractivity contribution in [3.05, 3.63) is 75.3 Å². The van der Waals surface area contributed by atoms with E-state index in [0.717, 1.165) is 5.56 Å². The highest BCUT2D eigenvalue weighted by Crippen LogP contribution is 2.29. The molecule has 0 saturated carbocycles. The van der Waals surface area contributed by atoms with Crippen molar-refractivity contribution >= 4 is 23.3 Å². The Bertz CT molecular complexity index is 1380. The molecule has 7 nitrogen and oxygen atoms in total. The third kappa shape index (κ3) is 4.02. The van der Waals surface area contributed by atoms with Crippen LogP contribution in [0.15, 0.2) is 59.4 Å². The van der Waals surface area contributed by atoms with E-state index in [9.17, 15) is 9.90 Å². The standard InChI is InChI=1S/C23H21N3O4S/c1-29-19-10-7-14(13-20(19)30-2)11-12-26-21-16(22(28)25-23(26)31)8-9-17(24-21)15-5-3-4-6-18(15)27/h3-10,13,27H,11-12H2,1-2H3,(H,25,28,31). The zero-order chi connectivity index (χ0) is 22.0. The Balaban J connectivity index is 1.77. The number of aromatic nitrogens is 3. The van der Waals surface area contributed by atoms with Crippen LogP contribution in [0.4, 0.5) is 0 Å². The summed E-state index contributed by atoms with van der Waals surface area (Å²) in [5.41, 5.74) is 2.34. The second-order valence-electron chi connectivity index (χ2n) is 6.94. The first-order valence-electron chi connectivity index (χ1n) is 9.65. The first kappa shape index (κ1) is 20.6. The van der Waals surface area contributed by atoms with E-state index in [4.69, 9.17) is 21.7 Å². The van der Waals surface area contributed by atoms with Crippen LogP contribution in [-0.4, -0.2) is 33.9 Å². The highest BCUT2D eigenvalue weighted by Gasteiger charge is 2.12. The van der Waals surface area contributed by atoms with Gasteiger partial charge < -0.3 is 19.1 Å². The van der Waals surface area contributed by atoms with Crippen molar-refractivity contribution < 1.29 is 14.6 Å². The van der Waals surface area contributed by atoms with Gasteiger partial charge in [-0.05, 0) is 60.6 Å². The van der Waals surface area contributed by atoms with Crippen LogP contribution >= 0.6 is 12.2 Å². The van der Waals surface area contributed by atoms with E-state index in [-0.39, 0.29) is 11.3 Å². The average molecular weight is 436 g/mol. The molecule has 8 heteroatoms. The number of aromatic amines is 1. The van der Waals surface area contributed by atoms with Crippen LogP contribution in [0.25, 0.3) is 22.3 Å². The molecule has 0 aliphatic rings. The van der Waals surface area contributed by atoms with E-state index in [2.05, 4.69) is 9.97 Å². The number of nitrogens with zero attached hydrogens (tertiary/aromatic N) is 2. The summed E-state index contributed by atoms with van der Waals surface area (Å²) in [6.07, 6.45) is 0.637. The Morgan fingerprint density at radius 1 is 1.06 bits per heavy atom. The molecule has 31 heavy (non-hydrogen) atoms. The van der Waals surface area contributed by atoms with E-state index in [1.807, 2.05) is 24.3 Å². The van der Waals surface area contributed by atoms with Crippen molar-refractivity contribution in [2.45, 2.75) is 13.0 Å². The lowest BCUT2D eigenvalue weighted by Gasteiger charge is -2.13. The van der Waals surface area contributed by atoms with Gasteiger partial charge >= 0.3 is 0 Å². The maximum absolute atomic E-state index is 12.4. The third-order valence-electron chi connectivity index (χ3n) is 5.09. The molecule has 0 radical (unpaired) electrons. The molecule has 0 spiro atoms. The number of hydrogen-bond donors (Lipinski definition) is 2. The van der Waals surface area contributed by atoms with Gasteiger partial charge in [0.25, 0.3) is 5.56 Å². The minimum atomic E-state index is -0.293. The Kier molecular flexibility index (Phi) is 5.73. The van der Waals surface area contributed by atoms with E-state index in [1.54, 1.807) is 49.1 Å². The van der Waals surface area contributed by atoms with E-state index in [0.29, 0.717) is 51.5 Å². The molecular weight excluding hydrogens is 414 g/mol. The van der Waals surface area contributed by atoms with Gasteiger partial charge in [0, 0.05) is 12.1 Å². The SMILES string of the molecule is COc1ccc(CCn2c(=S)[nH]c(=O)c3ccc(-c4ccccc4O)nc32)cc1OC. The van der Waals surface area contributed by atoms with Crippen LogP contribution in [0.1, 0.15) is 5.56 Å². The smallest absolute Gasteiger partial charge is 0.261 e. The monoisotopic (exact) mass is 435 g/mol. The van der Waals surface area contributed by atoms with E-state index >= 15 is 0 Å². The fraction of sp³-hybridized carbons (Fsp3) is 0.174. The number of phenolic OH excluding ortho intramolecular Hbond substituents is 1. The Morgan fingerprint density at radius 2 is 1.84 bits per heavy atom. The van der Waals surface area contributed by atoms with E-state index < -0.39 is 0 Å². The number of ether oxygens (including phenoxy) is 2.